The highest BCUT2D eigenvalue weighted by Crippen LogP contribution is 2.26. The molecule has 2 aromatic heterocycles. The molecule has 0 saturated carbocycles. The first-order valence-corrected chi connectivity index (χ1v) is 7.03. The highest BCUT2D eigenvalue weighted by molar-refractivity contribution is 7.13. The van der Waals surface area contributed by atoms with Crippen LogP contribution >= 0.6 is 11.3 Å². The van der Waals surface area contributed by atoms with E-state index in [-0.39, 0.29) is 5.92 Å². The molecule has 6 heteroatoms. The average molecular weight is 264 g/mol. The fraction of sp³-hybridized carbons (Fsp3) is 0.500. The SMILES string of the molecule is CCNC1COCC1c1nc(-c2cccs2)n[nH]1. The molecule has 2 N–H and O–H groups in total. The van der Waals surface area contributed by atoms with Crippen molar-refractivity contribution in [1.29, 1.82) is 0 Å². The molecule has 0 aromatic carbocycles. The average Bonchev–Trinajstić information content (AvgIpc) is 3.10. The van der Waals surface area contributed by atoms with Gasteiger partial charge in [0.15, 0.2) is 5.82 Å². The van der Waals surface area contributed by atoms with Crippen LogP contribution in [0.1, 0.15) is 18.7 Å². The van der Waals surface area contributed by atoms with Crippen molar-refractivity contribution < 1.29 is 4.74 Å². The molecule has 0 aliphatic carbocycles. The third kappa shape index (κ3) is 2.19. The Labute approximate surface area is 110 Å². The molecule has 1 aliphatic heterocycles. The normalized spacial score (nSPS) is 23.6. The van der Waals surface area contributed by atoms with E-state index in [2.05, 4.69) is 27.4 Å². The lowest BCUT2D eigenvalue weighted by Crippen LogP contribution is -2.34. The van der Waals surface area contributed by atoms with Crippen LogP contribution in [0.3, 0.4) is 0 Å². The van der Waals surface area contributed by atoms with Crippen LogP contribution in [0, 0.1) is 0 Å². The van der Waals surface area contributed by atoms with Crippen molar-refractivity contribution >= 4 is 11.3 Å². The minimum absolute atomic E-state index is 0.270. The van der Waals surface area contributed by atoms with Gasteiger partial charge in [0.2, 0.25) is 0 Å². The quantitative estimate of drug-likeness (QED) is 0.881. The van der Waals surface area contributed by atoms with E-state index in [1.807, 2.05) is 17.5 Å². The Morgan fingerprint density at radius 1 is 1.56 bits per heavy atom. The van der Waals surface area contributed by atoms with Gasteiger partial charge < -0.3 is 10.1 Å². The molecule has 1 fully saturated rings. The maximum atomic E-state index is 5.53. The molecule has 0 amide bonds. The zero-order valence-corrected chi connectivity index (χ0v) is 11.0. The van der Waals surface area contributed by atoms with E-state index in [9.17, 15) is 0 Å². The molecular formula is C12H16N4OS. The highest BCUT2D eigenvalue weighted by atomic mass is 32.1. The van der Waals surface area contributed by atoms with E-state index in [1.165, 1.54) is 0 Å². The minimum atomic E-state index is 0.270. The van der Waals surface area contributed by atoms with Gasteiger partial charge in [0.1, 0.15) is 5.82 Å². The molecular weight excluding hydrogens is 248 g/mol. The van der Waals surface area contributed by atoms with Crippen LogP contribution in [0.5, 0.6) is 0 Å². The van der Waals surface area contributed by atoms with E-state index in [0.29, 0.717) is 12.6 Å². The van der Waals surface area contributed by atoms with Crippen molar-refractivity contribution in [3.8, 4) is 10.7 Å². The Hall–Kier alpha value is -1.24. The summed E-state index contributed by atoms with van der Waals surface area (Å²) < 4.78 is 5.53. The molecule has 5 nitrogen and oxygen atoms in total. The fourth-order valence-electron chi connectivity index (χ4n) is 2.24. The maximum Gasteiger partial charge on any atom is 0.191 e. The number of rotatable bonds is 4. The van der Waals surface area contributed by atoms with Gasteiger partial charge in [-0.05, 0) is 18.0 Å². The second kappa shape index (κ2) is 5.17. The minimum Gasteiger partial charge on any atom is -0.379 e. The summed E-state index contributed by atoms with van der Waals surface area (Å²) in [4.78, 5) is 5.68. The van der Waals surface area contributed by atoms with E-state index < -0.39 is 0 Å². The summed E-state index contributed by atoms with van der Waals surface area (Å²) in [5.74, 6) is 1.97. The van der Waals surface area contributed by atoms with Crippen molar-refractivity contribution in [2.75, 3.05) is 19.8 Å². The number of aromatic nitrogens is 3. The molecule has 0 bridgehead atoms. The number of ether oxygens (including phenoxy) is 1. The number of nitrogens with zero attached hydrogens (tertiary/aromatic N) is 2. The molecule has 1 aliphatic rings. The predicted octanol–water partition coefficient (Wildman–Crippen LogP) is 1.63. The Morgan fingerprint density at radius 2 is 2.50 bits per heavy atom. The fourth-order valence-corrected chi connectivity index (χ4v) is 2.90. The predicted molar refractivity (Wildman–Crippen MR) is 70.7 cm³/mol. The topological polar surface area (TPSA) is 62.8 Å². The van der Waals surface area contributed by atoms with Crippen LogP contribution < -0.4 is 5.32 Å². The van der Waals surface area contributed by atoms with Gasteiger partial charge in [-0.15, -0.1) is 11.3 Å². The zero-order chi connectivity index (χ0) is 12.4. The summed E-state index contributed by atoms with van der Waals surface area (Å²) in [5.41, 5.74) is 0. The van der Waals surface area contributed by atoms with Crippen LogP contribution in [0.25, 0.3) is 10.7 Å². The largest absolute Gasteiger partial charge is 0.379 e. The van der Waals surface area contributed by atoms with E-state index >= 15 is 0 Å². The van der Waals surface area contributed by atoms with Gasteiger partial charge >= 0.3 is 0 Å². The molecule has 1 saturated heterocycles. The molecule has 0 spiro atoms. The second-order valence-corrected chi connectivity index (χ2v) is 5.28. The van der Waals surface area contributed by atoms with Crippen LogP contribution in [-0.2, 0) is 4.74 Å². The molecule has 2 atom stereocenters. The lowest BCUT2D eigenvalue weighted by Gasteiger charge is -2.15. The lowest BCUT2D eigenvalue weighted by molar-refractivity contribution is 0.187. The van der Waals surface area contributed by atoms with E-state index in [1.54, 1.807) is 11.3 Å². The number of H-pyrrole nitrogens is 1. The Morgan fingerprint density at radius 3 is 3.28 bits per heavy atom. The first-order chi connectivity index (χ1) is 8.88. The monoisotopic (exact) mass is 264 g/mol. The second-order valence-electron chi connectivity index (χ2n) is 4.33. The van der Waals surface area contributed by atoms with E-state index in [0.717, 1.165) is 29.7 Å². The molecule has 0 radical (unpaired) electrons. The number of likely N-dealkylation sites (N-methyl/N-ethyl adjacent to an activating group) is 1. The van der Waals surface area contributed by atoms with Crippen LogP contribution in [0.15, 0.2) is 17.5 Å². The van der Waals surface area contributed by atoms with Gasteiger partial charge in [-0.2, -0.15) is 5.10 Å². The smallest absolute Gasteiger partial charge is 0.191 e. The van der Waals surface area contributed by atoms with Gasteiger partial charge in [0.25, 0.3) is 0 Å². The maximum absolute atomic E-state index is 5.53. The number of aromatic amines is 1. The molecule has 96 valence electrons. The van der Waals surface area contributed by atoms with Crippen LogP contribution in [-0.4, -0.2) is 41.0 Å². The summed E-state index contributed by atoms with van der Waals surface area (Å²) in [6.45, 7) is 4.49. The number of hydrogen-bond donors (Lipinski definition) is 2. The van der Waals surface area contributed by atoms with Crippen molar-refractivity contribution in [2.24, 2.45) is 0 Å². The third-order valence-corrected chi connectivity index (χ3v) is 4.01. The Balaban J connectivity index is 1.80. The summed E-state index contributed by atoms with van der Waals surface area (Å²) >= 11 is 1.65. The molecule has 3 rings (SSSR count). The Bertz CT molecular complexity index is 496. The number of hydrogen-bond acceptors (Lipinski definition) is 5. The van der Waals surface area contributed by atoms with Crippen molar-refractivity contribution in [3.05, 3.63) is 23.3 Å². The zero-order valence-electron chi connectivity index (χ0n) is 10.2. The molecule has 3 heterocycles. The highest BCUT2D eigenvalue weighted by Gasteiger charge is 2.31. The van der Waals surface area contributed by atoms with Crippen LogP contribution in [0.2, 0.25) is 0 Å². The number of nitrogens with one attached hydrogen (secondary N) is 2. The standard InChI is InChI=1S/C12H16N4OS/c1-2-13-9-7-17-6-8(9)11-14-12(16-15-11)10-4-3-5-18-10/h3-5,8-9,13H,2,6-7H2,1H3,(H,14,15,16). The van der Waals surface area contributed by atoms with Gasteiger partial charge in [-0.3, -0.25) is 5.10 Å². The molecule has 2 aromatic rings. The van der Waals surface area contributed by atoms with Gasteiger partial charge in [-0.1, -0.05) is 13.0 Å². The molecule has 2 unspecified atom stereocenters. The van der Waals surface area contributed by atoms with E-state index in [4.69, 9.17) is 4.74 Å². The van der Waals surface area contributed by atoms with Crippen molar-refractivity contribution in [3.63, 3.8) is 0 Å². The first kappa shape index (κ1) is 11.8. The van der Waals surface area contributed by atoms with Gasteiger partial charge in [0, 0.05) is 6.04 Å². The summed E-state index contributed by atoms with van der Waals surface area (Å²) in [7, 11) is 0. The van der Waals surface area contributed by atoms with Crippen LogP contribution in [0.4, 0.5) is 0 Å². The van der Waals surface area contributed by atoms with Gasteiger partial charge in [0.05, 0.1) is 24.0 Å². The number of thiophene rings is 1. The first-order valence-electron chi connectivity index (χ1n) is 6.15. The summed E-state index contributed by atoms with van der Waals surface area (Å²) in [5, 5.41) is 12.8. The lowest BCUT2D eigenvalue weighted by atomic mass is 10.0. The van der Waals surface area contributed by atoms with Crippen molar-refractivity contribution in [1.82, 2.24) is 20.5 Å². The van der Waals surface area contributed by atoms with Gasteiger partial charge in [-0.25, -0.2) is 4.98 Å². The Kier molecular flexibility index (Phi) is 3.40. The summed E-state index contributed by atoms with van der Waals surface area (Å²) in [6.07, 6.45) is 0. The summed E-state index contributed by atoms with van der Waals surface area (Å²) in [6, 6.07) is 4.37. The molecule has 18 heavy (non-hydrogen) atoms. The van der Waals surface area contributed by atoms with Crippen molar-refractivity contribution in [2.45, 2.75) is 18.9 Å². The third-order valence-electron chi connectivity index (χ3n) is 3.14.